The SMILES string of the molecule is C=CC1(F)C(F)=C(F)C(c2ccccc2)=C(F)C1F. The molecule has 0 N–H and O–H groups in total. The molecular formula is C14H9F5. The number of benzene rings is 1. The Bertz CT molecular complexity index is 573. The minimum Gasteiger partial charge on any atom is -0.235 e. The number of halogens is 5. The Morgan fingerprint density at radius 3 is 2.21 bits per heavy atom. The summed E-state index contributed by atoms with van der Waals surface area (Å²) in [5.74, 6) is -5.44. The van der Waals surface area contributed by atoms with E-state index in [1.165, 1.54) is 24.3 Å². The molecule has 0 aliphatic heterocycles. The van der Waals surface area contributed by atoms with Crippen LogP contribution in [-0.4, -0.2) is 11.8 Å². The molecule has 0 heterocycles. The number of hydrogen-bond donors (Lipinski definition) is 0. The highest BCUT2D eigenvalue weighted by molar-refractivity contribution is 5.82. The van der Waals surface area contributed by atoms with E-state index < -0.39 is 34.9 Å². The zero-order valence-corrected chi connectivity index (χ0v) is 9.64. The van der Waals surface area contributed by atoms with Crippen molar-refractivity contribution >= 4 is 5.57 Å². The van der Waals surface area contributed by atoms with E-state index in [9.17, 15) is 22.0 Å². The minimum absolute atomic E-state index is 0.0681. The Morgan fingerprint density at radius 2 is 1.68 bits per heavy atom. The first kappa shape index (κ1) is 13.5. The van der Waals surface area contributed by atoms with Crippen molar-refractivity contribution in [2.24, 2.45) is 0 Å². The summed E-state index contributed by atoms with van der Waals surface area (Å²) in [6.07, 6.45) is -2.74. The number of allylic oxidation sites excluding steroid dienone is 5. The average Bonchev–Trinajstić information content (AvgIpc) is 2.44. The van der Waals surface area contributed by atoms with Gasteiger partial charge in [-0.2, -0.15) is 0 Å². The first-order valence-electron chi connectivity index (χ1n) is 5.41. The van der Waals surface area contributed by atoms with Gasteiger partial charge in [0.1, 0.15) is 5.83 Å². The molecule has 1 aromatic rings. The van der Waals surface area contributed by atoms with Crippen molar-refractivity contribution in [1.29, 1.82) is 0 Å². The largest absolute Gasteiger partial charge is 0.235 e. The van der Waals surface area contributed by atoms with Gasteiger partial charge in [0.2, 0.25) is 5.67 Å². The molecule has 0 bridgehead atoms. The lowest BCUT2D eigenvalue weighted by Gasteiger charge is -2.28. The second-order valence-electron chi connectivity index (χ2n) is 4.05. The summed E-state index contributed by atoms with van der Waals surface area (Å²) < 4.78 is 68.7. The first-order valence-corrected chi connectivity index (χ1v) is 5.41. The maximum atomic E-state index is 13.8. The molecule has 1 aromatic carbocycles. The van der Waals surface area contributed by atoms with Crippen LogP contribution in [0.4, 0.5) is 22.0 Å². The van der Waals surface area contributed by atoms with Gasteiger partial charge in [-0.15, -0.1) is 0 Å². The van der Waals surface area contributed by atoms with E-state index in [0.717, 1.165) is 0 Å². The standard InChI is InChI=1S/C14H9F5/c1-2-14(19)12(17)10(15)9(11(16)13(14)18)8-6-4-3-5-7-8/h2-7,12H,1H2. The molecule has 0 fully saturated rings. The number of alkyl halides is 2. The summed E-state index contributed by atoms with van der Waals surface area (Å²) >= 11 is 0. The number of rotatable bonds is 2. The van der Waals surface area contributed by atoms with Crippen molar-refractivity contribution in [2.45, 2.75) is 11.8 Å². The maximum absolute atomic E-state index is 13.8. The van der Waals surface area contributed by atoms with Crippen molar-refractivity contribution in [2.75, 3.05) is 0 Å². The third kappa shape index (κ3) is 1.89. The summed E-state index contributed by atoms with van der Waals surface area (Å²) in [6, 6.07) is 7.00. The minimum atomic E-state index is -3.51. The summed E-state index contributed by atoms with van der Waals surface area (Å²) in [5, 5.41) is 0. The van der Waals surface area contributed by atoms with E-state index in [1.54, 1.807) is 6.07 Å². The molecule has 0 spiro atoms. The molecule has 0 saturated carbocycles. The first-order chi connectivity index (χ1) is 8.93. The van der Waals surface area contributed by atoms with Gasteiger partial charge in [-0.05, 0) is 11.6 Å². The van der Waals surface area contributed by atoms with Crippen molar-refractivity contribution in [3.8, 4) is 0 Å². The van der Waals surface area contributed by atoms with Gasteiger partial charge in [0, 0.05) is 0 Å². The van der Waals surface area contributed by atoms with E-state index in [0.29, 0.717) is 0 Å². The monoisotopic (exact) mass is 272 g/mol. The highest BCUT2D eigenvalue weighted by Gasteiger charge is 2.51. The fourth-order valence-corrected chi connectivity index (χ4v) is 1.87. The smallest absolute Gasteiger partial charge is 0.220 e. The fraction of sp³-hybridized carbons (Fsp3) is 0.143. The topological polar surface area (TPSA) is 0 Å². The quantitative estimate of drug-likeness (QED) is 0.537. The van der Waals surface area contributed by atoms with Crippen LogP contribution >= 0.6 is 0 Å². The Labute approximate surface area is 106 Å². The normalized spacial score (nSPS) is 27.7. The third-order valence-electron chi connectivity index (χ3n) is 2.94. The molecule has 0 saturated heterocycles. The van der Waals surface area contributed by atoms with Crippen LogP contribution in [0.3, 0.4) is 0 Å². The van der Waals surface area contributed by atoms with E-state index in [-0.39, 0.29) is 11.6 Å². The molecule has 0 amide bonds. The summed E-state index contributed by atoms with van der Waals surface area (Å²) in [7, 11) is 0. The second kappa shape index (κ2) is 4.64. The Morgan fingerprint density at radius 1 is 1.11 bits per heavy atom. The lowest BCUT2D eigenvalue weighted by Crippen LogP contribution is -2.37. The van der Waals surface area contributed by atoms with E-state index in [4.69, 9.17) is 0 Å². The molecule has 0 aromatic heterocycles. The van der Waals surface area contributed by atoms with Crippen molar-refractivity contribution in [3.05, 3.63) is 66.0 Å². The van der Waals surface area contributed by atoms with Crippen LogP contribution in [0.5, 0.6) is 0 Å². The van der Waals surface area contributed by atoms with Gasteiger partial charge in [-0.25, -0.2) is 22.0 Å². The highest BCUT2D eigenvalue weighted by atomic mass is 19.2. The van der Waals surface area contributed by atoms with Crippen LogP contribution in [-0.2, 0) is 0 Å². The Kier molecular flexibility index (Phi) is 3.30. The summed E-state index contributed by atoms with van der Waals surface area (Å²) in [4.78, 5) is 0. The van der Waals surface area contributed by atoms with Gasteiger partial charge >= 0.3 is 0 Å². The van der Waals surface area contributed by atoms with E-state index in [2.05, 4.69) is 6.58 Å². The van der Waals surface area contributed by atoms with Gasteiger partial charge in [0.25, 0.3) is 0 Å². The predicted octanol–water partition coefficient (Wildman–Crippen LogP) is 4.76. The molecule has 2 atom stereocenters. The Hall–Kier alpha value is -1.91. The predicted molar refractivity (Wildman–Crippen MR) is 62.6 cm³/mol. The van der Waals surface area contributed by atoms with Crippen LogP contribution in [0.15, 0.2) is 60.5 Å². The van der Waals surface area contributed by atoms with Crippen molar-refractivity contribution in [1.82, 2.24) is 0 Å². The zero-order valence-electron chi connectivity index (χ0n) is 9.64. The molecule has 0 nitrogen and oxygen atoms in total. The molecular weight excluding hydrogens is 263 g/mol. The number of hydrogen-bond acceptors (Lipinski definition) is 0. The van der Waals surface area contributed by atoms with Crippen LogP contribution in [0, 0.1) is 0 Å². The molecule has 2 rings (SSSR count). The highest BCUT2D eigenvalue weighted by Crippen LogP contribution is 2.47. The summed E-state index contributed by atoms with van der Waals surface area (Å²) in [6.45, 7) is 2.88. The zero-order chi connectivity index (χ0) is 14.2. The molecule has 2 unspecified atom stereocenters. The summed E-state index contributed by atoms with van der Waals surface area (Å²) in [5.41, 5.74) is -4.48. The molecule has 1 aliphatic rings. The van der Waals surface area contributed by atoms with Crippen molar-refractivity contribution in [3.63, 3.8) is 0 Å². The molecule has 0 radical (unpaired) electrons. The van der Waals surface area contributed by atoms with Crippen LogP contribution in [0.1, 0.15) is 5.56 Å². The van der Waals surface area contributed by atoms with E-state index in [1.807, 2.05) is 0 Å². The van der Waals surface area contributed by atoms with Gasteiger partial charge < -0.3 is 0 Å². The van der Waals surface area contributed by atoms with Gasteiger partial charge in [0.15, 0.2) is 17.8 Å². The molecule has 19 heavy (non-hydrogen) atoms. The van der Waals surface area contributed by atoms with Crippen LogP contribution < -0.4 is 0 Å². The van der Waals surface area contributed by atoms with E-state index >= 15 is 0 Å². The lowest BCUT2D eigenvalue weighted by molar-refractivity contribution is 0.106. The third-order valence-corrected chi connectivity index (χ3v) is 2.94. The molecule has 100 valence electrons. The lowest BCUT2D eigenvalue weighted by atomic mass is 9.86. The molecule has 5 heteroatoms. The van der Waals surface area contributed by atoms with Gasteiger partial charge in [-0.3, -0.25) is 0 Å². The second-order valence-corrected chi connectivity index (χ2v) is 4.05. The maximum Gasteiger partial charge on any atom is 0.220 e. The van der Waals surface area contributed by atoms with Gasteiger partial charge in [-0.1, -0.05) is 36.9 Å². The average molecular weight is 272 g/mol. The fourth-order valence-electron chi connectivity index (χ4n) is 1.87. The van der Waals surface area contributed by atoms with Crippen molar-refractivity contribution < 1.29 is 22.0 Å². The molecule has 1 aliphatic carbocycles. The van der Waals surface area contributed by atoms with Crippen LogP contribution in [0.25, 0.3) is 5.57 Å². The van der Waals surface area contributed by atoms with Crippen LogP contribution in [0.2, 0.25) is 0 Å². The van der Waals surface area contributed by atoms with Gasteiger partial charge in [0.05, 0.1) is 5.57 Å². The Balaban J connectivity index is 2.67.